The highest BCUT2D eigenvalue weighted by Gasteiger charge is 2.16. The molecule has 1 heterocycles. The van der Waals surface area contributed by atoms with Crippen molar-refractivity contribution >= 4 is 35.2 Å². The van der Waals surface area contributed by atoms with Gasteiger partial charge in [0, 0.05) is 5.02 Å². The number of nitrogens with zero attached hydrogens (tertiary/aromatic N) is 1. The van der Waals surface area contributed by atoms with Crippen molar-refractivity contribution in [2.75, 3.05) is 5.32 Å². The van der Waals surface area contributed by atoms with Crippen LogP contribution in [0.4, 0.5) is 5.69 Å². The molecular weight excluding hydrogens is 242 g/mol. The van der Waals surface area contributed by atoms with Gasteiger partial charge in [-0.1, -0.05) is 11.6 Å². The molecule has 1 aromatic rings. The maximum atomic E-state index is 5.95. The summed E-state index contributed by atoms with van der Waals surface area (Å²) in [6, 6.07) is 5.77. The van der Waals surface area contributed by atoms with Gasteiger partial charge >= 0.3 is 0 Å². The molecule has 1 aromatic carbocycles. The zero-order valence-corrected chi connectivity index (χ0v) is 11.0. The average molecular weight is 256 g/mol. The highest BCUT2D eigenvalue weighted by molar-refractivity contribution is 7.98. The molecule has 0 spiro atoms. The minimum absolute atomic E-state index is 0.105. The molecule has 0 fully saturated rings. The van der Waals surface area contributed by atoms with Gasteiger partial charge < -0.3 is 5.32 Å². The van der Waals surface area contributed by atoms with E-state index in [4.69, 9.17) is 11.6 Å². The summed E-state index contributed by atoms with van der Waals surface area (Å²) in [6.07, 6.45) is 0. The summed E-state index contributed by atoms with van der Waals surface area (Å²) in [4.78, 5) is 5.65. The third-order valence-corrected chi connectivity index (χ3v) is 3.01. The molecule has 0 aromatic heterocycles. The average Bonchev–Trinajstić information content (AvgIpc) is 2.14. The topological polar surface area (TPSA) is 36.4 Å². The fourth-order valence-electron chi connectivity index (χ4n) is 1.33. The summed E-state index contributed by atoms with van der Waals surface area (Å²) >= 11 is 7.49. The molecule has 0 atom stereocenters. The molecule has 2 rings (SSSR count). The van der Waals surface area contributed by atoms with Crippen molar-refractivity contribution in [3.8, 4) is 0 Å². The third kappa shape index (κ3) is 2.83. The first-order chi connectivity index (χ1) is 7.44. The standard InChI is InChI=1S/C11H14ClN3S/c1-11(2,3)14-10-13-8-6-7(12)4-5-9(8)16-15-10/h4-6H,1-3H3,(H2,13,14,15). The molecule has 0 amide bonds. The molecule has 3 nitrogen and oxygen atoms in total. The van der Waals surface area contributed by atoms with E-state index >= 15 is 0 Å². The van der Waals surface area contributed by atoms with Crippen molar-refractivity contribution in [2.24, 2.45) is 4.99 Å². The van der Waals surface area contributed by atoms with Crippen LogP contribution in [-0.2, 0) is 0 Å². The summed E-state index contributed by atoms with van der Waals surface area (Å²) in [7, 11) is 0. The molecule has 0 aliphatic carbocycles. The normalized spacial score (nSPS) is 17.6. The van der Waals surface area contributed by atoms with E-state index in [9.17, 15) is 0 Å². The maximum Gasteiger partial charge on any atom is 0.206 e. The molecule has 0 bridgehead atoms. The molecule has 86 valence electrons. The Balaban J connectivity index is 2.26. The van der Waals surface area contributed by atoms with Gasteiger partial charge in [-0.25, -0.2) is 4.99 Å². The SMILES string of the molecule is CC(C)(C)N=C1NSc2ccc(Cl)cc2N1. The summed E-state index contributed by atoms with van der Waals surface area (Å²) in [5, 5.41) is 3.95. The van der Waals surface area contributed by atoms with Crippen LogP contribution in [0.2, 0.25) is 5.02 Å². The van der Waals surface area contributed by atoms with Crippen LogP contribution in [0.25, 0.3) is 0 Å². The van der Waals surface area contributed by atoms with E-state index in [1.165, 1.54) is 0 Å². The first-order valence-electron chi connectivity index (χ1n) is 5.03. The molecule has 2 N–H and O–H groups in total. The van der Waals surface area contributed by atoms with Crippen LogP contribution in [0.1, 0.15) is 20.8 Å². The Bertz CT molecular complexity index is 437. The number of hydrogen-bond donors (Lipinski definition) is 2. The van der Waals surface area contributed by atoms with E-state index < -0.39 is 0 Å². The second-order valence-electron chi connectivity index (χ2n) is 4.60. The van der Waals surface area contributed by atoms with Crippen LogP contribution in [-0.4, -0.2) is 11.5 Å². The molecule has 0 saturated carbocycles. The zero-order chi connectivity index (χ0) is 11.8. The van der Waals surface area contributed by atoms with Gasteiger partial charge in [-0.2, -0.15) is 0 Å². The smallest absolute Gasteiger partial charge is 0.206 e. The summed E-state index contributed by atoms with van der Waals surface area (Å²) < 4.78 is 3.16. The van der Waals surface area contributed by atoms with Gasteiger partial charge in [-0.15, -0.1) is 0 Å². The van der Waals surface area contributed by atoms with E-state index in [-0.39, 0.29) is 5.54 Å². The Labute approximate surface area is 105 Å². The van der Waals surface area contributed by atoms with Crippen molar-refractivity contribution in [3.63, 3.8) is 0 Å². The number of rotatable bonds is 0. The van der Waals surface area contributed by atoms with Gasteiger partial charge in [0.15, 0.2) is 0 Å². The second-order valence-corrected chi connectivity index (χ2v) is 5.89. The van der Waals surface area contributed by atoms with Gasteiger partial charge in [0.2, 0.25) is 5.96 Å². The van der Waals surface area contributed by atoms with E-state index in [0.29, 0.717) is 0 Å². The lowest BCUT2D eigenvalue weighted by Gasteiger charge is -2.23. The lowest BCUT2D eigenvalue weighted by molar-refractivity contribution is 0.582. The van der Waals surface area contributed by atoms with Crippen molar-refractivity contribution in [3.05, 3.63) is 23.2 Å². The maximum absolute atomic E-state index is 5.95. The molecule has 1 aliphatic heterocycles. The Morgan fingerprint density at radius 3 is 2.75 bits per heavy atom. The Hall–Kier alpha value is -0.870. The second kappa shape index (κ2) is 4.18. The predicted octanol–water partition coefficient (Wildman–Crippen LogP) is 3.52. The monoisotopic (exact) mass is 255 g/mol. The predicted molar refractivity (Wildman–Crippen MR) is 71.3 cm³/mol. The van der Waals surface area contributed by atoms with Gasteiger partial charge in [-0.05, 0) is 50.9 Å². The minimum atomic E-state index is -0.105. The van der Waals surface area contributed by atoms with E-state index in [0.717, 1.165) is 21.6 Å². The number of anilines is 1. The van der Waals surface area contributed by atoms with Gasteiger partial charge in [-0.3, -0.25) is 4.72 Å². The van der Waals surface area contributed by atoms with Gasteiger partial charge in [0.1, 0.15) is 0 Å². The number of halogens is 1. The number of nitrogens with one attached hydrogen (secondary N) is 2. The molecule has 0 unspecified atom stereocenters. The Kier molecular flexibility index (Phi) is 3.04. The van der Waals surface area contributed by atoms with Crippen LogP contribution in [0.5, 0.6) is 0 Å². The van der Waals surface area contributed by atoms with Crippen molar-refractivity contribution in [1.29, 1.82) is 0 Å². The van der Waals surface area contributed by atoms with E-state index in [1.54, 1.807) is 11.9 Å². The quantitative estimate of drug-likeness (QED) is 0.697. The highest BCUT2D eigenvalue weighted by atomic mass is 35.5. The lowest BCUT2D eigenvalue weighted by Crippen LogP contribution is -2.32. The zero-order valence-electron chi connectivity index (χ0n) is 9.47. The van der Waals surface area contributed by atoms with E-state index in [2.05, 4.69) is 35.8 Å². The first kappa shape index (κ1) is 11.6. The summed E-state index contributed by atoms with van der Waals surface area (Å²) in [5.74, 6) is 0.771. The van der Waals surface area contributed by atoms with Gasteiger partial charge in [0.05, 0.1) is 16.1 Å². The summed E-state index contributed by atoms with van der Waals surface area (Å²) in [5.41, 5.74) is 0.894. The minimum Gasteiger partial charge on any atom is -0.325 e. The van der Waals surface area contributed by atoms with Crippen LogP contribution < -0.4 is 10.0 Å². The molecule has 5 heteroatoms. The first-order valence-corrected chi connectivity index (χ1v) is 6.23. The fourth-order valence-corrected chi connectivity index (χ4v) is 2.16. The van der Waals surface area contributed by atoms with Crippen LogP contribution in [0.3, 0.4) is 0 Å². The molecule has 16 heavy (non-hydrogen) atoms. The lowest BCUT2D eigenvalue weighted by atomic mass is 10.1. The van der Waals surface area contributed by atoms with Crippen LogP contribution in [0, 0.1) is 0 Å². The van der Waals surface area contributed by atoms with E-state index in [1.807, 2.05) is 18.2 Å². The fraction of sp³-hybridized carbons (Fsp3) is 0.364. The number of aliphatic imine (C=N–C) groups is 1. The molecule has 1 aliphatic rings. The Morgan fingerprint density at radius 1 is 1.31 bits per heavy atom. The largest absolute Gasteiger partial charge is 0.325 e. The van der Waals surface area contributed by atoms with Crippen molar-refractivity contribution in [1.82, 2.24) is 4.72 Å². The molecular formula is C11H14ClN3S. The highest BCUT2D eigenvalue weighted by Crippen LogP contribution is 2.31. The van der Waals surface area contributed by atoms with Crippen molar-refractivity contribution in [2.45, 2.75) is 31.2 Å². The Morgan fingerprint density at radius 2 is 2.06 bits per heavy atom. The molecule has 0 saturated heterocycles. The summed E-state index contributed by atoms with van der Waals surface area (Å²) in [6.45, 7) is 6.17. The van der Waals surface area contributed by atoms with Crippen molar-refractivity contribution < 1.29 is 0 Å². The van der Waals surface area contributed by atoms with Gasteiger partial charge in [0.25, 0.3) is 0 Å². The third-order valence-electron chi connectivity index (χ3n) is 1.90. The number of hydrogen-bond acceptors (Lipinski definition) is 2. The number of fused-ring (bicyclic) bond motifs is 1. The molecule has 0 radical (unpaired) electrons. The van der Waals surface area contributed by atoms with Crippen LogP contribution >= 0.6 is 23.5 Å². The van der Waals surface area contributed by atoms with Crippen LogP contribution in [0.15, 0.2) is 28.1 Å². The number of guanidine groups is 1. The number of benzene rings is 1.